The highest BCUT2D eigenvalue weighted by Gasteiger charge is 2.65. The summed E-state index contributed by atoms with van der Waals surface area (Å²) in [5.74, 6) is 2.79. The summed E-state index contributed by atoms with van der Waals surface area (Å²) in [6, 6.07) is 0. The van der Waals surface area contributed by atoms with E-state index in [1.54, 1.807) is 6.92 Å². The van der Waals surface area contributed by atoms with E-state index in [2.05, 4.69) is 13.5 Å². The van der Waals surface area contributed by atoms with Crippen LogP contribution in [0.5, 0.6) is 0 Å². The fourth-order valence-corrected chi connectivity index (χ4v) is 5.24. The number of esters is 1. The van der Waals surface area contributed by atoms with Gasteiger partial charge in [0.25, 0.3) is 0 Å². The molecule has 19 heavy (non-hydrogen) atoms. The van der Waals surface area contributed by atoms with Crippen molar-refractivity contribution in [3.63, 3.8) is 0 Å². The summed E-state index contributed by atoms with van der Waals surface area (Å²) in [5, 5.41) is 0. The van der Waals surface area contributed by atoms with Gasteiger partial charge in [-0.25, -0.2) is 4.79 Å². The Hall–Kier alpha value is -0.830. The van der Waals surface area contributed by atoms with Gasteiger partial charge in [0, 0.05) is 5.57 Å². The third-order valence-corrected chi connectivity index (χ3v) is 5.83. The van der Waals surface area contributed by atoms with Crippen LogP contribution in [0.3, 0.4) is 0 Å². The largest absolute Gasteiger partial charge is 0.456 e. The normalized spacial score (nSPS) is 53.4. The average molecular weight is 262 g/mol. The third kappa shape index (κ3) is 1.70. The minimum atomic E-state index is -0.279. The average Bonchev–Trinajstić information content (AvgIpc) is 2.89. The third-order valence-electron chi connectivity index (χ3n) is 5.83. The van der Waals surface area contributed by atoms with E-state index in [1.807, 2.05) is 0 Å². The lowest BCUT2D eigenvalue weighted by molar-refractivity contribution is -0.158. The van der Waals surface area contributed by atoms with Gasteiger partial charge in [0.15, 0.2) is 0 Å². The van der Waals surface area contributed by atoms with Crippen molar-refractivity contribution in [1.29, 1.82) is 0 Å². The molecule has 4 fully saturated rings. The van der Waals surface area contributed by atoms with Crippen LogP contribution in [0, 0.1) is 23.7 Å². The standard InChI is InChI=1S/C16H22O3/c1-8(2)15(17)19-16(3)6-9-4-10(7-16)13-11(9)5-12-14(13)18-12/h9-14H,1,4-7H2,2-3H3. The molecule has 2 bridgehead atoms. The minimum Gasteiger partial charge on any atom is -0.456 e. The molecule has 0 spiro atoms. The molecule has 1 saturated heterocycles. The SMILES string of the molecule is C=C(C)C(=O)OC1(C)CC2CC(C1)C1C2CC2OC21. The molecule has 0 aromatic rings. The van der Waals surface area contributed by atoms with Crippen LogP contribution >= 0.6 is 0 Å². The van der Waals surface area contributed by atoms with Gasteiger partial charge in [-0.3, -0.25) is 0 Å². The van der Waals surface area contributed by atoms with Gasteiger partial charge >= 0.3 is 5.97 Å². The van der Waals surface area contributed by atoms with Crippen LogP contribution in [0.15, 0.2) is 12.2 Å². The highest BCUT2D eigenvalue weighted by molar-refractivity contribution is 5.87. The Labute approximate surface area is 114 Å². The number of fused-ring (bicyclic) bond motifs is 7. The number of rotatable bonds is 2. The second kappa shape index (κ2) is 3.63. The van der Waals surface area contributed by atoms with Crippen molar-refractivity contribution in [2.24, 2.45) is 23.7 Å². The lowest BCUT2D eigenvalue weighted by atomic mass is 9.76. The molecule has 4 aliphatic rings. The molecule has 104 valence electrons. The number of ether oxygens (including phenoxy) is 2. The van der Waals surface area contributed by atoms with Crippen LogP contribution < -0.4 is 0 Å². The quantitative estimate of drug-likeness (QED) is 0.436. The van der Waals surface area contributed by atoms with Gasteiger partial charge < -0.3 is 9.47 Å². The Morgan fingerprint density at radius 1 is 1.32 bits per heavy atom. The lowest BCUT2D eigenvalue weighted by Gasteiger charge is -2.38. The lowest BCUT2D eigenvalue weighted by Crippen LogP contribution is -2.39. The van der Waals surface area contributed by atoms with E-state index in [-0.39, 0.29) is 11.6 Å². The molecule has 3 saturated carbocycles. The van der Waals surface area contributed by atoms with Crippen molar-refractivity contribution in [2.45, 2.75) is 57.3 Å². The van der Waals surface area contributed by atoms with E-state index in [0.717, 1.165) is 30.6 Å². The smallest absolute Gasteiger partial charge is 0.333 e. The van der Waals surface area contributed by atoms with Crippen molar-refractivity contribution >= 4 is 5.97 Å². The first-order valence-corrected chi connectivity index (χ1v) is 7.51. The first kappa shape index (κ1) is 12.0. The number of carbonyl (C=O) groups is 1. The van der Waals surface area contributed by atoms with Gasteiger partial charge in [-0.15, -0.1) is 0 Å². The number of hydrogen-bond acceptors (Lipinski definition) is 3. The Balaban J connectivity index is 1.53. The summed E-state index contributed by atoms with van der Waals surface area (Å²) in [6.07, 6.45) is 5.73. The van der Waals surface area contributed by atoms with Crippen LogP contribution in [-0.4, -0.2) is 23.8 Å². The van der Waals surface area contributed by atoms with Crippen molar-refractivity contribution < 1.29 is 14.3 Å². The zero-order valence-corrected chi connectivity index (χ0v) is 11.7. The molecular formula is C16H22O3. The number of hydrogen-bond donors (Lipinski definition) is 0. The molecule has 3 nitrogen and oxygen atoms in total. The maximum absolute atomic E-state index is 11.8. The minimum absolute atomic E-state index is 0.227. The topological polar surface area (TPSA) is 38.8 Å². The van der Waals surface area contributed by atoms with Crippen molar-refractivity contribution in [2.75, 3.05) is 0 Å². The van der Waals surface area contributed by atoms with Crippen LogP contribution in [0.1, 0.15) is 39.5 Å². The molecule has 0 aromatic carbocycles. The summed E-state index contributed by atoms with van der Waals surface area (Å²) < 4.78 is 11.5. The van der Waals surface area contributed by atoms with Gasteiger partial charge in [0.1, 0.15) is 5.60 Å². The van der Waals surface area contributed by atoms with Crippen LogP contribution in [-0.2, 0) is 14.3 Å². The second-order valence-corrected chi connectivity index (χ2v) is 7.40. The molecule has 0 aromatic heterocycles. The summed E-state index contributed by atoms with van der Waals surface area (Å²) in [6.45, 7) is 7.52. The molecule has 7 atom stereocenters. The van der Waals surface area contributed by atoms with Crippen molar-refractivity contribution in [3.8, 4) is 0 Å². The monoisotopic (exact) mass is 262 g/mol. The molecular weight excluding hydrogens is 240 g/mol. The Bertz CT molecular complexity index is 457. The van der Waals surface area contributed by atoms with E-state index < -0.39 is 0 Å². The Morgan fingerprint density at radius 2 is 2.05 bits per heavy atom. The van der Waals surface area contributed by atoms with Crippen LogP contribution in [0.4, 0.5) is 0 Å². The van der Waals surface area contributed by atoms with E-state index in [9.17, 15) is 4.79 Å². The maximum Gasteiger partial charge on any atom is 0.333 e. The maximum atomic E-state index is 11.8. The summed E-state index contributed by atoms with van der Waals surface area (Å²) >= 11 is 0. The van der Waals surface area contributed by atoms with E-state index in [4.69, 9.17) is 9.47 Å². The van der Waals surface area contributed by atoms with Crippen LogP contribution in [0.25, 0.3) is 0 Å². The first-order valence-electron chi connectivity index (χ1n) is 7.51. The summed E-state index contributed by atoms with van der Waals surface area (Å²) in [7, 11) is 0. The second-order valence-electron chi connectivity index (χ2n) is 7.40. The van der Waals surface area contributed by atoms with Crippen molar-refractivity contribution in [1.82, 2.24) is 0 Å². The molecule has 0 N–H and O–H groups in total. The molecule has 1 heterocycles. The zero-order chi connectivity index (χ0) is 13.4. The van der Waals surface area contributed by atoms with Gasteiger partial charge in [-0.1, -0.05) is 6.58 Å². The first-order chi connectivity index (χ1) is 8.97. The van der Waals surface area contributed by atoms with E-state index in [0.29, 0.717) is 23.7 Å². The molecule has 3 heteroatoms. The number of carbonyl (C=O) groups excluding carboxylic acids is 1. The molecule has 0 amide bonds. The summed E-state index contributed by atoms with van der Waals surface area (Å²) in [4.78, 5) is 11.8. The predicted octanol–water partition coefficient (Wildman–Crippen LogP) is 2.70. The van der Waals surface area contributed by atoms with Gasteiger partial charge in [-0.05, 0) is 63.2 Å². The van der Waals surface area contributed by atoms with E-state index >= 15 is 0 Å². The summed E-state index contributed by atoms with van der Waals surface area (Å²) in [5.41, 5.74) is 0.225. The molecule has 0 radical (unpaired) electrons. The zero-order valence-electron chi connectivity index (χ0n) is 11.7. The highest BCUT2D eigenvalue weighted by atomic mass is 16.6. The Morgan fingerprint density at radius 3 is 2.79 bits per heavy atom. The fraction of sp³-hybridized carbons (Fsp3) is 0.812. The molecule has 3 aliphatic carbocycles. The van der Waals surface area contributed by atoms with E-state index in [1.165, 1.54) is 12.8 Å². The predicted molar refractivity (Wildman–Crippen MR) is 70.4 cm³/mol. The fourth-order valence-electron chi connectivity index (χ4n) is 5.24. The Kier molecular flexibility index (Phi) is 2.28. The number of epoxide rings is 1. The van der Waals surface area contributed by atoms with Gasteiger partial charge in [0.05, 0.1) is 12.2 Å². The molecule has 1 aliphatic heterocycles. The molecule has 4 rings (SSSR count). The van der Waals surface area contributed by atoms with Gasteiger partial charge in [0.2, 0.25) is 0 Å². The molecule has 7 unspecified atom stereocenters. The van der Waals surface area contributed by atoms with Crippen molar-refractivity contribution in [3.05, 3.63) is 12.2 Å². The highest BCUT2D eigenvalue weighted by Crippen LogP contribution is 2.64. The van der Waals surface area contributed by atoms with Gasteiger partial charge in [-0.2, -0.15) is 0 Å². The van der Waals surface area contributed by atoms with Crippen LogP contribution in [0.2, 0.25) is 0 Å².